The summed E-state index contributed by atoms with van der Waals surface area (Å²) in [6, 6.07) is 7.64. The first-order valence-corrected chi connectivity index (χ1v) is 7.89. The lowest BCUT2D eigenvalue weighted by Crippen LogP contribution is -2.48. The number of halogens is 1. The van der Waals surface area contributed by atoms with E-state index in [0.717, 1.165) is 18.4 Å². The van der Waals surface area contributed by atoms with Crippen LogP contribution in [0.2, 0.25) is 5.02 Å². The van der Waals surface area contributed by atoms with Crippen molar-refractivity contribution in [2.24, 2.45) is 0 Å². The molecular formula is C16H23ClN2O3. The van der Waals surface area contributed by atoms with Crippen LogP contribution in [0.25, 0.3) is 0 Å². The first kappa shape index (κ1) is 17.1. The number of rotatable bonds is 5. The molecule has 0 spiro atoms. The minimum atomic E-state index is -0.179. The Labute approximate surface area is 136 Å². The van der Waals surface area contributed by atoms with E-state index in [1.807, 2.05) is 18.2 Å². The summed E-state index contributed by atoms with van der Waals surface area (Å²) in [4.78, 5) is 13.5. The number of hydrogen-bond donors (Lipinski definition) is 2. The van der Waals surface area contributed by atoms with Crippen molar-refractivity contribution in [1.82, 2.24) is 10.2 Å². The van der Waals surface area contributed by atoms with Crippen molar-refractivity contribution in [2.45, 2.75) is 18.3 Å². The Kier molecular flexibility index (Phi) is 6.06. The van der Waals surface area contributed by atoms with Gasteiger partial charge in [-0.25, -0.2) is 4.79 Å². The molecule has 0 radical (unpaired) electrons. The Morgan fingerprint density at radius 2 is 2.18 bits per heavy atom. The maximum absolute atomic E-state index is 12.1. The molecule has 6 heteroatoms. The lowest BCUT2D eigenvalue weighted by atomic mass is 9.74. The Bertz CT molecular complexity index is 504. The highest BCUT2D eigenvalue weighted by molar-refractivity contribution is 6.30. The highest BCUT2D eigenvalue weighted by Crippen LogP contribution is 2.35. The normalized spacial score (nSPS) is 17.0. The summed E-state index contributed by atoms with van der Waals surface area (Å²) >= 11 is 6.13. The summed E-state index contributed by atoms with van der Waals surface area (Å²) in [5.74, 6) is 0. The summed E-state index contributed by atoms with van der Waals surface area (Å²) in [7, 11) is 1.67. The van der Waals surface area contributed by atoms with Crippen LogP contribution < -0.4 is 5.32 Å². The maximum atomic E-state index is 12.1. The lowest BCUT2D eigenvalue weighted by Gasteiger charge is -2.38. The number of nitrogens with one attached hydrogen (secondary N) is 1. The van der Waals surface area contributed by atoms with E-state index >= 15 is 0 Å². The van der Waals surface area contributed by atoms with Gasteiger partial charge in [0.05, 0.1) is 6.61 Å². The predicted octanol–water partition coefficient (Wildman–Crippen LogP) is 2.02. The SMILES string of the molecule is CN(CCO)C(=O)NCC1(c2cccc(Cl)c2)CCOCC1. The highest BCUT2D eigenvalue weighted by Gasteiger charge is 2.35. The van der Waals surface area contributed by atoms with Gasteiger partial charge in [-0.05, 0) is 30.5 Å². The Morgan fingerprint density at radius 1 is 1.45 bits per heavy atom. The van der Waals surface area contributed by atoms with Crippen molar-refractivity contribution in [3.8, 4) is 0 Å². The monoisotopic (exact) mass is 326 g/mol. The molecule has 5 nitrogen and oxygen atoms in total. The van der Waals surface area contributed by atoms with Gasteiger partial charge >= 0.3 is 6.03 Å². The molecule has 1 heterocycles. The topological polar surface area (TPSA) is 61.8 Å². The Balaban J connectivity index is 2.11. The molecule has 0 saturated carbocycles. The summed E-state index contributed by atoms with van der Waals surface area (Å²) in [6.07, 6.45) is 1.69. The standard InChI is InChI=1S/C16H23ClN2O3/c1-19(7-8-20)15(21)18-12-16(5-9-22-10-6-16)13-3-2-4-14(17)11-13/h2-4,11,20H,5-10,12H2,1H3,(H,18,21). The smallest absolute Gasteiger partial charge is 0.317 e. The van der Waals surface area contributed by atoms with Gasteiger partial charge in [-0.3, -0.25) is 0 Å². The van der Waals surface area contributed by atoms with Gasteiger partial charge in [-0.15, -0.1) is 0 Å². The molecule has 0 aromatic heterocycles. The van der Waals surface area contributed by atoms with E-state index in [1.54, 1.807) is 7.05 Å². The number of benzene rings is 1. The van der Waals surface area contributed by atoms with Crippen molar-refractivity contribution < 1.29 is 14.6 Å². The molecule has 122 valence electrons. The van der Waals surface area contributed by atoms with Crippen molar-refractivity contribution in [1.29, 1.82) is 0 Å². The van der Waals surface area contributed by atoms with Crippen molar-refractivity contribution >= 4 is 17.6 Å². The summed E-state index contributed by atoms with van der Waals surface area (Å²) in [5.41, 5.74) is 0.979. The number of aliphatic hydroxyl groups excluding tert-OH is 1. The zero-order valence-corrected chi connectivity index (χ0v) is 13.6. The Hall–Kier alpha value is -1.30. The average Bonchev–Trinajstić information content (AvgIpc) is 2.53. The van der Waals surface area contributed by atoms with Crippen molar-refractivity contribution in [3.63, 3.8) is 0 Å². The van der Waals surface area contributed by atoms with Crippen molar-refractivity contribution in [3.05, 3.63) is 34.9 Å². The van der Waals surface area contributed by atoms with E-state index in [2.05, 4.69) is 11.4 Å². The zero-order chi connectivity index (χ0) is 16.0. The van der Waals surface area contributed by atoms with Crippen LogP contribution in [0.15, 0.2) is 24.3 Å². The second-order valence-electron chi connectivity index (χ2n) is 5.71. The third-order valence-electron chi connectivity index (χ3n) is 4.25. The summed E-state index contributed by atoms with van der Waals surface area (Å²) in [5, 5.41) is 12.6. The number of urea groups is 1. The van der Waals surface area contributed by atoms with Gasteiger partial charge in [0, 0.05) is 43.8 Å². The molecule has 2 amide bonds. The first-order valence-electron chi connectivity index (χ1n) is 7.51. The molecule has 2 N–H and O–H groups in total. The van der Waals surface area contributed by atoms with Crippen LogP contribution in [0.5, 0.6) is 0 Å². The van der Waals surface area contributed by atoms with Crippen LogP contribution >= 0.6 is 11.6 Å². The number of ether oxygens (including phenoxy) is 1. The number of hydrogen-bond acceptors (Lipinski definition) is 3. The molecule has 22 heavy (non-hydrogen) atoms. The second kappa shape index (κ2) is 7.81. The molecule has 0 aliphatic carbocycles. The van der Waals surface area contributed by atoms with E-state index in [4.69, 9.17) is 21.4 Å². The minimum absolute atomic E-state index is 0.0444. The molecule has 1 saturated heterocycles. The first-order chi connectivity index (χ1) is 10.6. The van der Waals surface area contributed by atoms with Crippen LogP contribution in [-0.4, -0.2) is 56.0 Å². The van der Waals surface area contributed by atoms with Gasteiger partial charge in [0.25, 0.3) is 0 Å². The zero-order valence-electron chi connectivity index (χ0n) is 12.8. The quantitative estimate of drug-likeness (QED) is 0.870. The summed E-state index contributed by atoms with van der Waals surface area (Å²) < 4.78 is 5.48. The highest BCUT2D eigenvalue weighted by atomic mass is 35.5. The van der Waals surface area contributed by atoms with Gasteiger partial charge in [-0.2, -0.15) is 0 Å². The van der Waals surface area contributed by atoms with Gasteiger partial charge < -0.3 is 20.1 Å². The minimum Gasteiger partial charge on any atom is -0.395 e. The molecule has 0 atom stereocenters. The molecule has 2 rings (SSSR count). The molecular weight excluding hydrogens is 304 g/mol. The third kappa shape index (κ3) is 4.12. The fraction of sp³-hybridized carbons (Fsp3) is 0.562. The molecule has 1 fully saturated rings. The number of amides is 2. The van der Waals surface area contributed by atoms with E-state index in [9.17, 15) is 4.79 Å². The van der Waals surface area contributed by atoms with Crippen LogP contribution in [0.3, 0.4) is 0 Å². The molecule has 1 aliphatic heterocycles. The molecule has 1 aromatic rings. The lowest BCUT2D eigenvalue weighted by molar-refractivity contribution is 0.0502. The Morgan fingerprint density at radius 3 is 2.82 bits per heavy atom. The van der Waals surface area contributed by atoms with Gasteiger partial charge in [0.15, 0.2) is 0 Å². The fourth-order valence-electron chi connectivity index (χ4n) is 2.78. The number of carbonyl (C=O) groups is 1. The number of nitrogens with zero attached hydrogens (tertiary/aromatic N) is 1. The van der Waals surface area contributed by atoms with E-state index in [0.29, 0.717) is 31.3 Å². The molecule has 1 aromatic carbocycles. The number of likely N-dealkylation sites (N-methyl/N-ethyl adjacent to an activating group) is 1. The third-order valence-corrected chi connectivity index (χ3v) is 4.48. The van der Waals surface area contributed by atoms with Crippen LogP contribution in [0, 0.1) is 0 Å². The number of aliphatic hydroxyl groups is 1. The molecule has 1 aliphatic rings. The average molecular weight is 327 g/mol. The van der Waals surface area contributed by atoms with Crippen LogP contribution in [0.4, 0.5) is 4.79 Å². The van der Waals surface area contributed by atoms with E-state index < -0.39 is 0 Å². The largest absolute Gasteiger partial charge is 0.395 e. The maximum Gasteiger partial charge on any atom is 0.317 e. The van der Waals surface area contributed by atoms with Gasteiger partial charge in [0.2, 0.25) is 0 Å². The van der Waals surface area contributed by atoms with Crippen LogP contribution in [-0.2, 0) is 10.2 Å². The number of carbonyl (C=O) groups excluding carboxylic acids is 1. The molecule has 0 unspecified atom stereocenters. The van der Waals surface area contributed by atoms with Crippen molar-refractivity contribution in [2.75, 3.05) is 40.0 Å². The second-order valence-corrected chi connectivity index (χ2v) is 6.14. The van der Waals surface area contributed by atoms with E-state index in [1.165, 1.54) is 4.90 Å². The summed E-state index contributed by atoms with van der Waals surface area (Å²) in [6.45, 7) is 2.16. The fourth-order valence-corrected chi connectivity index (χ4v) is 2.97. The van der Waals surface area contributed by atoms with Gasteiger partial charge in [0.1, 0.15) is 0 Å². The molecule has 0 bridgehead atoms. The van der Waals surface area contributed by atoms with Crippen LogP contribution in [0.1, 0.15) is 18.4 Å². The van der Waals surface area contributed by atoms with Gasteiger partial charge in [-0.1, -0.05) is 23.7 Å². The predicted molar refractivity (Wildman–Crippen MR) is 86.3 cm³/mol. The van der Waals surface area contributed by atoms with E-state index in [-0.39, 0.29) is 18.1 Å².